The molecule has 1 aliphatic rings. The van der Waals surface area contributed by atoms with Gasteiger partial charge < -0.3 is 10.1 Å². The number of nitrogens with one attached hydrogen (secondary N) is 1. The quantitative estimate of drug-likeness (QED) is 0.811. The second-order valence-electron chi connectivity index (χ2n) is 4.63. The first-order chi connectivity index (χ1) is 10.7. The van der Waals surface area contributed by atoms with Gasteiger partial charge in [0.25, 0.3) is 0 Å². The third kappa shape index (κ3) is 2.60. The van der Waals surface area contributed by atoms with E-state index in [1.165, 1.54) is 34.1 Å². The fourth-order valence-corrected chi connectivity index (χ4v) is 2.20. The van der Waals surface area contributed by atoms with Crippen LogP contribution in [-0.2, 0) is 9.53 Å². The number of carbonyl (C=O) groups excluding carboxylic acids is 2. The van der Waals surface area contributed by atoms with Gasteiger partial charge in [0.15, 0.2) is 5.82 Å². The summed E-state index contributed by atoms with van der Waals surface area (Å²) >= 11 is 0. The molecular weight excluding hydrogens is 293 g/mol. The van der Waals surface area contributed by atoms with E-state index in [2.05, 4.69) is 15.6 Å². The van der Waals surface area contributed by atoms with Gasteiger partial charge in [0.2, 0.25) is 6.41 Å². The molecular formula is C13H12FN5O3. The van der Waals surface area contributed by atoms with E-state index < -0.39 is 18.0 Å². The van der Waals surface area contributed by atoms with Crippen molar-refractivity contribution >= 4 is 18.2 Å². The number of hydrogen-bond donors (Lipinski definition) is 1. The highest BCUT2D eigenvalue weighted by Gasteiger charge is 2.32. The van der Waals surface area contributed by atoms with E-state index >= 15 is 0 Å². The monoisotopic (exact) mass is 305 g/mol. The molecule has 0 bridgehead atoms. The van der Waals surface area contributed by atoms with Crippen molar-refractivity contribution < 1.29 is 18.7 Å². The summed E-state index contributed by atoms with van der Waals surface area (Å²) in [6.45, 7) is 0.451. The van der Waals surface area contributed by atoms with Gasteiger partial charge in [-0.1, -0.05) is 5.21 Å². The molecule has 0 spiro atoms. The van der Waals surface area contributed by atoms with Crippen molar-refractivity contribution in [3.05, 3.63) is 36.4 Å². The number of hydrogen-bond acceptors (Lipinski definition) is 5. The molecule has 1 N–H and O–H groups in total. The molecule has 1 aromatic carbocycles. The minimum absolute atomic E-state index is 0.214. The number of aromatic nitrogens is 3. The number of ether oxygens (including phenoxy) is 1. The first kappa shape index (κ1) is 14.0. The Kier molecular flexibility index (Phi) is 3.69. The molecule has 114 valence electrons. The van der Waals surface area contributed by atoms with Gasteiger partial charge in [-0.2, -0.15) is 0 Å². The molecule has 1 atom stereocenters. The van der Waals surface area contributed by atoms with Gasteiger partial charge in [-0.05, 0) is 18.2 Å². The molecule has 1 aliphatic heterocycles. The smallest absolute Gasteiger partial charge is 0.414 e. The standard InChI is InChI=1S/C13H12FN5O3/c14-11-5-9(1-2-12(11)19-4-3-16-17-19)18-7-10(6-15-8-20)22-13(18)21/h1-5,8,10H,6-7H2,(H,15,20)/t10-/m0/s1. The van der Waals surface area contributed by atoms with Crippen molar-refractivity contribution in [2.75, 3.05) is 18.0 Å². The Hall–Kier alpha value is -2.97. The highest BCUT2D eigenvalue weighted by atomic mass is 19.1. The average Bonchev–Trinajstić information content (AvgIpc) is 3.14. The topological polar surface area (TPSA) is 89.4 Å². The lowest BCUT2D eigenvalue weighted by molar-refractivity contribution is -0.109. The maximum Gasteiger partial charge on any atom is 0.414 e. The Morgan fingerprint density at radius 2 is 2.36 bits per heavy atom. The number of halogens is 1. The predicted octanol–water partition coefficient (Wildman–Crippen LogP) is 0.478. The third-order valence-corrected chi connectivity index (χ3v) is 3.22. The van der Waals surface area contributed by atoms with Gasteiger partial charge in [-0.3, -0.25) is 9.69 Å². The van der Waals surface area contributed by atoms with Crippen LogP contribution in [-0.4, -0.2) is 46.7 Å². The maximum absolute atomic E-state index is 14.2. The van der Waals surface area contributed by atoms with Gasteiger partial charge in [-0.15, -0.1) is 5.10 Å². The van der Waals surface area contributed by atoms with Gasteiger partial charge in [0, 0.05) is 0 Å². The summed E-state index contributed by atoms with van der Waals surface area (Å²) in [5, 5.41) is 9.78. The van der Waals surface area contributed by atoms with E-state index in [-0.39, 0.29) is 18.8 Å². The van der Waals surface area contributed by atoms with Crippen LogP contribution in [0.15, 0.2) is 30.6 Å². The molecule has 2 aromatic rings. The highest BCUT2D eigenvalue weighted by molar-refractivity contribution is 5.89. The highest BCUT2D eigenvalue weighted by Crippen LogP contribution is 2.25. The maximum atomic E-state index is 14.2. The SMILES string of the molecule is O=CNC[C@H]1CN(c2ccc(-n3ccnn3)c(F)c2)C(=O)O1. The number of cyclic esters (lactones) is 1. The molecule has 22 heavy (non-hydrogen) atoms. The lowest BCUT2D eigenvalue weighted by Gasteiger charge is -2.14. The van der Waals surface area contributed by atoms with Gasteiger partial charge in [0.05, 0.1) is 31.2 Å². The van der Waals surface area contributed by atoms with E-state index in [4.69, 9.17) is 4.74 Å². The Morgan fingerprint density at radius 1 is 1.50 bits per heavy atom. The first-order valence-corrected chi connectivity index (χ1v) is 6.50. The molecule has 1 saturated heterocycles. The summed E-state index contributed by atoms with van der Waals surface area (Å²) in [7, 11) is 0. The van der Waals surface area contributed by atoms with Crippen molar-refractivity contribution in [2.45, 2.75) is 6.10 Å². The van der Waals surface area contributed by atoms with E-state index in [1.807, 2.05) is 0 Å². The molecule has 0 unspecified atom stereocenters. The summed E-state index contributed by atoms with van der Waals surface area (Å²) in [6, 6.07) is 4.33. The Balaban J connectivity index is 1.79. The van der Waals surface area contributed by atoms with E-state index in [9.17, 15) is 14.0 Å². The lowest BCUT2D eigenvalue weighted by atomic mass is 10.2. The van der Waals surface area contributed by atoms with Crippen LogP contribution in [0, 0.1) is 5.82 Å². The predicted molar refractivity (Wildman–Crippen MR) is 73.0 cm³/mol. The zero-order valence-electron chi connectivity index (χ0n) is 11.3. The van der Waals surface area contributed by atoms with Crippen LogP contribution in [0.1, 0.15) is 0 Å². The van der Waals surface area contributed by atoms with Crippen LogP contribution in [0.5, 0.6) is 0 Å². The Morgan fingerprint density at radius 3 is 3.05 bits per heavy atom. The Labute approximate surface area is 124 Å². The molecule has 3 rings (SSSR count). The number of carbonyl (C=O) groups is 2. The van der Waals surface area contributed by atoms with Crippen LogP contribution in [0.25, 0.3) is 5.69 Å². The fourth-order valence-electron chi connectivity index (χ4n) is 2.20. The van der Waals surface area contributed by atoms with Crippen molar-refractivity contribution in [1.29, 1.82) is 0 Å². The second kappa shape index (κ2) is 5.80. The van der Waals surface area contributed by atoms with Crippen molar-refractivity contribution in [3.63, 3.8) is 0 Å². The van der Waals surface area contributed by atoms with Crippen molar-refractivity contribution in [2.24, 2.45) is 0 Å². The first-order valence-electron chi connectivity index (χ1n) is 6.50. The molecule has 8 nitrogen and oxygen atoms in total. The third-order valence-electron chi connectivity index (χ3n) is 3.22. The number of rotatable bonds is 5. The molecule has 2 heterocycles. The zero-order chi connectivity index (χ0) is 15.5. The summed E-state index contributed by atoms with van der Waals surface area (Å²) in [5.74, 6) is -0.537. The molecule has 1 aromatic heterocycles. The molecule has 9 heteroatoms. The Bertz CT molecular complexity index is 691. The van der Waals surface area contributed by atoms with Crippen LogP contribution < -0.4 is 10.2 Å². The van der Waals surface area contributed by atoms with Crippen LogP contribution >= 0.6 is 0 Å². The molecule has 2 amide bonds. The molecule has 0 saturated carbocycles. The minimum atomic E-state index is -0.578. The van der Waals surface area contributed by atoms with Gasteiger partial charge >= 0.3 is 6.09 Å². The van der Waals surface area contributed by atoms with Gasteiger partial charge in [-0.25, -0.2) is 13.9 Å². The van der Waals surface area contributed by atoms with Crippen LogP contribution in [0.4, 0.5) is 14.9 Å². The van der Waals surface area contributed by atoms with Gasteiger partial charge in [0.1, 0.15) is 11.8 Å². The van der Waals surface area contributed by atoms with E-state index in [0.29, 0.717) is 12.1 Å². The normalized spacial score (nSPS) is 17.4. The largest absolute Gasteiger partial charge is 0.442 e. The number of nitrogens with zero attached hydrogens (tertiary/aromatic N) is 4. The summed E-state index contributed by atoms with van der Waals surface area (Å²) < 4.78 is 20.5. The summed E-state index contributed by atoms with van der Waals surface area (Å²) in [6.07, 6.45) is 2.45. The number of amides is 2. The molecule has 0 radical (unpaired) electrons. The van der Waals surface area contributed by atoms with E-state index in [0.717, 1.165) is 0 Å². The summed E-state index contributed by atoms with van der Waals surface area (Å²) in [5.41, 5.74) is 0.605. The number of benzene rings is 1. The lowest BCUT2D eigenvalue weighted by Crippen LogP contribution is -2.30. The van der Waals surface area contributed by atoms with Crippen molar-refractivity contribution in [3.8, 4) is 5.69 Å². The molecule has 1 fully saturated rings. The summed E-state index contributed by atoms with van der Waals surface area (Å²) in [4.78, 5) is 23.4. The van der Waals surface area contributed by atoms with E-state index in [1.54, 1.807) is 6.07 Å². The fraction of sp³-hybridized carbons (Fsp3) is 0.231. The van der Waals surface area contributed by atoms with Crippen molar-refractivity contribution in [1.82, 2.24) is 20.3 Å². The average molecular weight is 305 g/mol. The number of anilines is 1. The second-order valence-corrected chi connectivity index (χ2v) is 4.63. The zero-order valence-corrected chi connectivity index (χ0v) is 11.3. The van der Waals surface area contributed by atoms with Crippen LogP contribution in [0.2, 0.25) is 0 Å². The minimum Gasteiger partial charge on any atom is -0.442 e. The molecule has 0 aliphatic carbocycles. The van der Waals surface area contributed by atoms with Crippen LogP contribution in [0.3, 0.4) is 0 Å².